The fourth-order valence-corrected chi connectivity index (χ4v) is 1.84. The molecule has 0 aliphatic heterocycles. The summed E-state index contributed by atoms with van der Waals surface area (Å²) in [4.78, 5) is 11.6. The van der Waals surface area contributed by atoms with Crippen LogP contribution in [0.2, 0.25) is 0 Å². The molecule has 1 atom stereocenters. The van der Waals surface area contributed by atoms with Gasteiger partial charge in [-0.25, -0.2) is 5.43 Å². The van der Waals surface area contributed by atoms with Gasteiger partial charge in [0.15, 0.2) is 9.87 Å². The van der Waals surface area contributed by atoms with Crippen LogP contribution in [-0.2, 0) is 4.79 Å². The van der Waals surface area contributed by atoms with Gasteiger partial charge in [0, 0.05) is 0 Å². The number of benzene rings is 1. The van der Waals surface area contributed by atoms with Crippen LogP contribution in [0.1, 0.15) is 17.4 Å². The van der Waals surface area contributed by atoms with E-state index in [0.717, 1.165) is 3.77 Å². The van der Waals surface area contributed by atoms with Crippen LogP contribution >= 0.6 is 22.6 Å². The second-order valence-electron chi connectivity index (χ2n) is 3.69. The van der Waals surface area contributed by atoms with Crippen LogP contribution in [0.25, 0.3) is 0 Å². The van der Waals surface area contributed by atoms with Crippen molar-refractivity contribution >= 4 is 34.7 Å². The largest absolute Gasteiger partial charge is 0.449 e. The number of aliphatic hydroxyl groups is 1. The standard InChI is InChI=1S/C13H11IN2O3/c14-11-7-6-10(19-11)8-15-16-13(18)12(17)9-4-2-1-3-5-9/h1-8,12,17H,(H,16,18)/b15-8+. The van der Waals surface area contributed by atoms with Gasteiger partial charge in [0.1, 0.15) is 5.76 Å². The molecule has 0 spiro atoms. The minimum absolute atomic E-state index is 0.516. The lowest BCUT2D eigenvalue weighted by atomic mass is 10.1. The van der Waals surface area contributed by atoms with E-state index in [1.807, 2.05) is 28.7 Å². The van der Waals surface area contributed by atoms with E-state index in [1.165, 1.54) is 6.21 Å². The predicted molar refractivity (Wildman–Crippen MR) is 78.6 cm³/mol. The quantitative estimate of drug-likeness (QED) is 0.492. The molecular formula is C13H11IN2O3. The molecule has 0 saturated carbocycles. The minimum Gasteiger partial charge on any atom is -0.449 e. The molecule has 2 aromatic rings. The third-order valence-electron chi connectivity index (χ3n) is 2.32. The van der Waals surface area contributed by atoms with Crippen LogP contribution in [0.3, 0.4) is 0 Å². The SMILES string of the molecule is O=C(N/N=C/c1ccc(I)o1)C(O)c1ccccc1. The van der Waals surface area contributed by atoms with Gasteiger partial charge >= 0.3 is 0 Å². The second kappa shape index (κ2) is 6.48. The Bertz CT molecular complexity index is 581. The number of amides is 1. The molecule has 0 bridgehead atoms. The van der Waals surface area contributed by atoms with Crippen molar-refractivity contribution in [3.05, 3.63) is 57.6 Å². The zero-order chi connectivity index (χ0) is 13.7. The summed E-state index contributed by atoms with van der Waals surface area (Å²) in [6.45, 7) is 0. The highest BCUT2D eigenvalue weighted by Crippen LogP contribution is 2.11. The van der Waals surface area contributed by atoms with Gasteiger partial charge in [-0.15, -0.1) is 0 Å². The number of carbonyl (C=O) groups excluding carboxylic acids is 1. The van der Waals surface area contributed by atoms with Gasteiger partial charge in [-0.1, -0.05) is 30.3 Å². The molecule has 1 aromatic carbocycles. The van der Waals surface area contributed by atoms with Gasteiger partial charge in [-0.3, -0.25) is 4.79 Å². The minimum atomic E-state index is -1.24. The molecule has 1 amide bonds. The highest BCUT2D eigenvalue weighted by Gasteiger charge is 2.15. The number of halogens is 1. The summed E-state index contributed by atoms with van der Waals surface area (Å²) in [5, 5.41) is 13.5. The zero-order valence-corrected chi connectivity index (χ0v) is 11.9. The van der Waals surface area contributed by atoms with Crippen LogP contribution in [0, 0.1) is 3.77 Å². The molecule has 19 heavy (non-hydrogen) atoms. The Hall–Kier alpha value is -1.67. The smallest absolute Gasteiger partial charge is 0.273 e. The van der Waals surface area contributed by atoms with E-state index in [9.17, 15) is 9.90 Å². The Balaban J connectivity index is 1.93. The summed E-state index contributed by atoms with van der Waals surface area (Å²) >= 11 is 2.03. The first-order valence-electron chi connectivity index (χ1n) is 5.48. The van der Waals surface area contributed by atoms with Gasteiger partial charge in [-0.2, -0.15) is 5.10 Å². The van der Waals surface area contributed by atoms with Gasteiger partial charge in [0.05, 0.1) is 6.21 Å². The number of nitrogens with zero attached hydrogens (tertiary/aromatic N) is 1. The fourth-order valence-electron chi connectivity index (χ4n) is 1.41. The van der Waals surface area contributed by atoms with Crippen molar-refractivity contribution in [1.82, 2.24) is 5.43 Å². The topological polar surface area (TPSA) is 74.8 Å². The molecule has 0 saturated heterocycles. The van der Waals surface area contributed by atoms with Crippen LogP contribution in [0.5, 0.6) is 0 Å². The average Bonchev–Trinajstić information content (AvgIpc) is 2.84. The number of hydrogen-bond acceptors (Lipinski definition) is 4. The molecule has 6 heteroatoms. The maximum atomic E-state index is 11.6. The van der Waals surface area contributed by atoms with E-state index in [-0.39, 0.29) is 0 Å². The first kappa shape index (κ1) is 13.8. The van der Waals surface area contributed by atoms with Crippen molar-refractivity contribution < 1.29 is 14.3 Å². The molecule has 2 rings (SSSR count). The summed E-state index contributed by atoms with van der Waals surface area (Å²) in [5.41, 5.74) is 2.77. The third-order valence-corrected chi connectivity index (χ3v) is 2.90. The Morgan fingerprint density at radius 3 is 2.68 bits per heavy atom. The summed E-state index contributed by atoms with van der Waals surface area (Å²) in [5.74, 6) is -0.0670. The number of hydrazone groups is 1. The maximum Gasteiger partial charge on any atom is 0.273 e. The van der Waals surface area contributed by atoms with E-state index in [2.05, 4.69) is 10.5 Å². The second-order valence-corrected chi connectivity index (χ2v) is 4.75. The fraction of sp³-hybridized carbons (Fsp3) is 0.0769. The summed E-state index contributed by atoms with van der Waals surface area (Å²) in [6, 6.07) is 12.2. The van der Waals surface area contributed by atoms with E-state index < -0.39 is 12.0 Å². The molecule has 2 N–H and O–H groups in total. The van der Waals surface area contributed by atoms with Gasteiger partial charge in [0.25, 0.3) is 5.91 Å². The molecule has 1 unspecified atom stereocenters. The molecule has 0 aliphatic rings. The Kier molecular flexibility index (Phi) is 4.69. The maximum absolute atomic E-state index is 11.6. The number of carbonyl (C=O) groups is 1. The molecule has 0 fully saturated rings. The molecule has 1 heterocycles. The van der Waals surface area contributed by atoms with E-state index in [1.54, 1.807) is 36.4 Å². The lowest BCUT2D eigenvalue weighted by Gasteiger charge is -2.08. The normalized spacial score (nSPS) is 12.5. The molecule has 0 radical (unpaired) electrons. The highest BCUT2D eigenvalue weighted by atomic mass is 127. The van der Waals surface area contributed by atoms with Crippen LogP contribution < -0.4 is 5.43 Å². The molecule has 98 valence electrons. The molecule has 1 aromatic heterocycles. The van der Waals surface area contributed by atoms with Crippen molar-refractivity contribution in [2.75, 3.05) is 0 Å². The predicted octanol–water partition coefficient (Wildman–Crippen LogP) is 2.07. The monoisotopic (exact) mass is 370 g/mol. The van der Waals surface area contributed by atoms with Gasteiger partial charge in [-0.05, 0) is 40.3 Å². The van der Waals surface area contributed by atoms with Gasteiger partial charge < -0.3 is 9.52 Å². The van der Waals surface area contributed by atoms with Crippen LogP contribution in [0.15, 0.2) is 52.0 Å². The van der Waals surface area contributed by atoms with E-state index in [4.69, 9.17) is 4.42 Å². The van der Waals surface area contributed by atoms with Gasteiger partial charge in [0.2, 0.25) is 0 Å². The summed E-state index contributed by atoms with van der Waals surface area (Å²) in [7, 11) is 0. The third kappa shape index (κ3) is 3.90. The lowest BCUT2D eigenvalue weighted by molar-refractivity contribution is -0.129. The number of hydrogen-bond donors (Lipinski definition) is 2. The highest BCUT2D eigenvalue weighted by molar-refractivity contribution is 14.1. The van der Waals surface area contributed by atoms with Crippen molar-refractivity contribution in [3.63, 3.8) is 0 Å². The summed E-state index contributed by atoms with van der Waals surface area (Å²) in [6.07, 6.45) is 0.132. The number of nitrogens with one attached hydrogen (secondary N) is 1. The van der Waals surface area contributed by atoms with E-state index >= 15 is 0 Å². The first-order valence-corrected chi connectivity index (χ1v) is 6.56. The Morgan fingerprint density at radius 1 is 1.32 bits per heavy atom. The molecular weight excluding hydrogens is 359 g/mol. The number of aliphatic hydroxyl groups excluding tert-OH is 1. The Labute approximate surface area is 123 Å². The molecule has 5 nitrogen and oxygen atoms in total. The lowest BCUT2D eigenvalue weighted by Crippen LogP contribution is -2.25. The van der Waals surface area contributed by atoms with Crippen molar-refractivity contribution in [3.8, 4) is 0 Å². The molecule has 0 aliphatic carbocycles. The number of furan rings is 1. The van der Waals surface area contributed by atoms with Crippen molar-refractivity contribution in [2.45, 2.75) is 6.10 Å². The van der Waals surface area contributed by atoms with Crippen LogP contribution in [-0.4, -0.2) is 17.2 Å². The first-order chi connectivity index (χ1) is 9.16. The van der Waals surface area contributed by atoms with E-state index in [0.29, 0.717) is 11.3 Å². The van der Waals surface area contributed by atoms with Crippen molar-refractivity contribution in [1.29, 1.82) is 0 Å². The van der Waals surface area contributed by atoms with Crippen molar-refractivity contribution in [2.24, 2.45) is 5.10 Å². The Morgan fingerprint density at radius 2 is 2.05 bits per heavy atom. The van der Waals surface area contributed by atoms with Crippen LogP contribution in [0.4, 0.5) is 0 Å². The number of rotatable bonds is 4. The zero-order valence-electron chi connectivity index (χ0n) is 9.79. The average molecular weight is 370 g/mol. The summed E-state index contributed by atoms with van der Waals surface area (Å²) < 4.78 is 5.97.